The molecule has 0 radical (unpaired) electrons. The minimum Gasteiger partial charge on any atom is -0.299 e. The molecule has 0 aromatic heterocycles. The highest BCUT2D eigenvalue weighted by Crippen LogP contribution is 2.58. The van der Waals surface area contributed by atoms with Crippen molar-refractivity contribution in [2.45, 2.75) is 58.3 Å². The van der Waals surface area contributed by atoms with Gasteiger partial charge in [-0.1, -0.05) is 18.6 Å². The monoisotopic (exact) mass is 300 g/mol. The highest BCUT2D eigenvalue weighted by Gasteiger charge is 2.55. The molecule has 0 aliphatic heterocycles. The van der Waals surface area contributed by atoms with Crippen molar-refractivity contribution in [3.05, 3.63) is 11.6 Å². The van der Waals surface area contributed by atoms with Gasteiger partial charge in [-0.2, -0.15) is 0 Å². The van der Waals surface area contributed by atoms with Crippen LogP contribution in [0, 0.1) is 29.1 Å². The molecule has 4 rings (SSSR count). The van der Waals surface area contributed by atoms with Crippen LogP contribution in [0.3, 0.4) is 0 Å². The van der Waals surface area contributed by atoms with Gasteiger partial charge >= 0.3 is 0 Å². The van der Waals surface area contributed by atoms with Crippen LogP contribution in [0.2, 0.25) is 0 Å². The topological polar surface area (TPSA) is 51.2 Å². The average Bonchev–Trinajstić information content (AvgIpc) is 2.63. The Morgan fingerprint density at radius 2 is 1.91 bits per heavy atom. The van der Waals surface area contributed by atoms with Crippen molar-refractivity contribution < 1.29 is 14.4 Å². The zero-order valence-corrected chi connectivity index (χ0v) is 13.3. The highest BCUT2D eigenvalue weighted by atomic mass is 16.1. The van der Waals surface area contributed by atoms with E-state index in [0.717, 1.165) is 25.7 Å². The van der Waals surface area contributed by atoms with Gasteiger partial charge in [-0.25, -0.2) is 0 Å². The van der Waals surface area contributed by atoms with Gasteiger partial charge in [0.15, 0.2) is 0 Å². The third kappa shape index (κ3) is 1.97. The lowest BCUT2D eigenvalue weighted by Crippen LogP contribution is -2.42. The molecule has 0 heterocycles. The maximum Gasteiger partial charge on any atom is 0.139 e. The minimum absolute atomic E-state index is 0.0878. The molecule has 3 fully saturated rings. The fourth-order valence-corrected chi connectivity index (χ4v) is 5.78. The molecule has 0 aromatic rings. The summed E-state index contributed by atoms with van der Waals surface area (Å²) in [5.74, 6) is 1.96. The molecule has 3 heteroatoms. The zero-order chi connectivity index (χ0) is 15.5. The lowest BCUT2D eigenvalue weighted by atomic mass is 9.58. The van der Waals surface area contributed by atoms with Crippen LogP contribution in [-0.4, -0.2) is 17.3 Å². The molecule has 0 saturated heterocycles. The molecule has 3 nitrogen and oxygen atoms in total. The molecule has 22 heavy (non-hydrogen) atoms. The highest BCUT2D eigenvalue weighted by molar-refractivity contribution is 5.91. The minimum atomic E-state index is -0.188. The molecular weight excluding hydrogens is 276 g/mol. The fraction of sp³-hybridized carbons (Fsp3) is 0.737. The number of carbonyl (C=O) groups is 3. The predicted molar refractivity (Wildman–Crippen MR) is 82.1 cm³/mol. The van der Waals surface area contributed by atoms with Crippen LogP contribution < -0.4 is 0 Å². The Morgan fingerprint density at radius 1 is 1.09 bits per heavy atom. The first-order valence-electron chi connectivity index (χ1n) is 8.75. The zero-order valence-electron chi connectivity index (χ0n) is 13.3. The maximum absolute atomic E-state index is 12.7. The second-order valence-electron chi connectivity index (χ2n) is 8.09. The molecule has 4 aliphatic carbocycles. The third-order valence-corrected chi connectivity index (χ3v) is 7.06. The maximum atomic E-state index is 12.7. The van der Waals surface area contributed by atoms with Crippen molar-refractivity contribution in [1.29, 1.82) is 0 Å². The number of rotatable bonds is 0. The van der Waals surface area contributed by atoms with E-state index >= 15 is 0 Å². The normalized spacial score (nSPS) is 44.8. The van der Waals surface area contributed by atoms with E-state index in [1.807, 2.05) is 0 Å². The second-order valence-corrected chi connectivity index (χ2v) is 8.09. The molecular formula is C19H24O3. The van der Waals surface area contributed by atoms with Gasteiger partial charge in [0, 0.05) is 37.0 Å². The van der Waals surface area contributed by atoms with Crippen LogP contribution in [0.15, 0.2) is 11.6 Å². The van der Waals surface area contributed by atoms with E-state index in [9.17, 15) is 14.4 Å². The van der Waals surface area contributed by atoms with Gasteiger partial charge in [0.05, 0.1) is 0 Å². The van der Waals surface area contributed by atoms with Gasteiger partial charge in [0.2, 0.25) is 0 Å². The van der Waals surface area contributed by atoms with E-state index < -0.39 is 0 Å². The first kappa shape index (κ1) is 14.3. The van der Waals surface area contributed by atoms with Crippen LogP contribution >= 0.6 is 0 Å². The average molecular weight is 300 g/mol. The van der Waals surface area contributed by atoms with E-state index in [1.54, 1.807) is 0 Å². The quantitative estimate of drug-likeness (QED) is 0.645. The van der Waals surface area contributed by atoms with Crippen LogP contribution in [-0.2, 0) is 14.4 Å². The Kier molecular flexibility index (Phi) is 3.18. The lowest BCUT2D eigenvalue weighted by Gasteiger charge is -2.45. The molecule has 2 bridgehead atoms. The summed E-state index contributed by atoms with van der Waals surface area (Å²) in [4.78, 5) is 36.9. The lowest BCUT2D eigenvalue weighted by molar-refractivity contribution is -0.132. The molecule has 0 N–H and O–H groups in total. The van der Waals surface area contributed by atoms with E-state index in [0.29, 0.717) is 49.2 Å². The number of carbonyl (C=O) groups excluding carboxylic acids is 3. The van der Waals surface area contributed by atoms with E-state index in [4.69, 9.17) is 0 Å². The number of Topliss-reactive ketones (excluding diaryl/α,β-unsaturated/α-hetero) is 3. The van der Waals surface area contributed by atoms with Gasteiger partial charge in [0.1, 0.15) is 17.3 Å². The number of fused-ring (bicyclic) bond motifs is 6. The molecule has 3 saturated carbocycles. The number of hydrogen-bond acceptors (Lipinski definition) is 3. The van der Waals surface area contributed by atoms with E-state index in [1.165, 1.54) is 5.57 Å². The van der Waals surface area contributed by atoms with Crippen molar-refractivity contribution in [2.75, 3.05) is 0 Å². The second kappa shape index (κ2) is 4.87. The molecule has 0 amide bonds. The summed E-state index contributed by atoms with van der Waals surface area (Å²) in [6.07, 6.45) is 8.07. The Balaban J connectivity index is 1.73. The van der Waals surface area contributed by atoms with Crippen LogP contribution in [0.25, 0.3) is 0 Å². The molecule has 4 aliphatic rings. The van der Waals surface area contributed by atoms with Crippen LogP contribution in [0.5, 0.6) is 0 Å². The van der Waals surface area contributed by atoms with Crippen molar-refractivity contribution in [3.63, 3.8) is 0 Å². The van der Waals surface area contributed by atoms with Crippen molar-refractivity contribution >= 4 is 17.3 Å². The summed E-state index contributed by atoms with van der Waals surface area (Å²) in [5.41, 5.74) is 1.17. The van der Waals surface area contributed by atoms with Gasteiger partial charge in [-0.15, -0.1) is 0 Å². The number of allylic oxidation sites excluding steroid dienone is 2. The molecule has 0 aromatic carbocycles. The van der Waals surface area contributed by atoms with Gasteiger partial charge in [-0.3, -0.25) is 14.4 Å². The Bertz CT molecular complexity index is 587. The Hall–Kier alpha value is -1.25. The summed E-state index contributed by atoms with van der Waals surface area (Å²) < 4.78 is 0. The standard InChI is InChI=1S/C19H24O3/c1-19-7-6-14-11-2-3-13(20)9-12(8-11)17(21)10-15(14)16(19)4-5-18(19)22/h2,12,14-16H,3-10H2,1H3/t12-,14+,15+,16-,19-/m0/s1. The summed E-state index contributed by atoms with van der Waals surface area (Å²) in [7, 11) is 0. The van der Waals surface area contributed by atoms with E-state index in [2.05, 4.69) is 13.0 Å². The van der Waals surface area contributed by atoms with Crippen molar-refractivity contribution in [1.82, 2.24) is 0 Å². The van der Waals surface area contributed by atoms with Crippen molar-refractivity contribution in [2.24, 2.45) is 29.1 Å². The Labute approximate surface area is 131 Å². The molecule has 0 unspecified atom stereocenters. The number of ketones is 3. The van der Waals surface area contributed by atoms with Crippen LogP contribution in [0.4, 0.5) is 0 Å². The Morgan fingerprint density at radius 3 is 2.73 bits per heavy atom. The van der Waals surface area contributed by atoms with Gasteiger partial charge in [0.25, 0.3) is 0 Å². The summed E-state index contributed by atoms with van der Waals surface area (Å²) in [6, 6.07) is 0. The van der Waals surface area contributed by atoms with Gasteiger partial charge in [-0.05, 0) is 43.4 Å². The molecule has 0 spiro atoms. The first-order chi connectivity index (χ1) is 10.5. The molecule has 118 valence electrons. The summed E-state index contributed by atoms with van der Waals surface area (Å²) in [6.45, 7) is 2.13. The summed E-state index contributed by atoms with van der Waals surface area (Å²) in [5, 5.41) is 0. The SMILES string of the molecule is C[C@]12CC[C@@H]3C4=CCC(=O)C[C@H](C4)C(=O)C[C@H]3[C@@H]1CCC2=O. The predicted octanol–water partition coefficient (Wildman–Crippen LogP) is 3.27. The first-order valence-corrected chi connectivity index (χ1v) is 8.75. The van der Waals surface area contributed by atoms with Crippen LogP contribution in [0.1, 0.15) is 58.3 Å². The fourth-order valence-electron chi connectivity index (χ4n) is 5.78. The summed E-state index contributed by atoms with van der Waals surface area (Å²) >= 11 is 0. The van der Waals surface area contributed by atoms with Crippen molar-refractivity contribution in [3.8, 4) is 0 Å². The third-order valence-electron chi connectivity index (χ3n) is 7.06. The smallest absolute Gasteiger partial charge is 0.139 e. The van der Waals surface area contributed by atoms with Gasteiger partial charge < -0.3 is 0 Å². The number of hydrogen-bond donors (Lipinski definition) is 0. The molecule has 5 atom stereocenters. The van der Waals surface area contributed by atoms with E-state index in [-0.39, 0.29) is 22.9 Å². The largest absolute Gasteiger partial charge is 0.299 e.